The highest BCUT2D eigenvalue weighted by molar-refractivity contribution is 6.12. The number of ketones is 2. The van der Waals surface area contributed by atoms with Gasteiger partial charge in [0.2, 0.25) is 0 Å². The molecular weight excluding hydrogens is 332 g/mol. The van der Waals surface area contributed by atoms with Crippen molar-refractivity contribution < 1.29 is 19.1 Å². The molecule has 0 saturated carbocycles. The molecule has 0 bridgehead atoms. The molecule has 0 saturated heterocycles. The predicted octanol–water partition coefficient (Wildman–Crippen LogP) is 3.83. The summed E-state index contributed by atoms with van der Waals surface area (Å²) in [6.45, 7) is 3.53. The molecule has 0 fully saturated rings. The Morgan fingerprint density at radius 1 is 1.04 bits per heavy atom. The van der Waals surface area contributed by atoms with Gasteiger partial charge >= 0.3 is 5.97 Å². The maximum Gasteiger partial charge on any atom is 0.313 e. The van der Waals surface area contributed by atoms with Crippen LogP contribution in [0.4, 0.5) is 5.69 Å². The molecule has 26 heavy (non-hydrogen) atoms. The number of carbonyl (C=O) groups is 3. The number of benzene rings is 2. The molecule has 0 radical (unpaired) electrons. The lowest BCUT2D eigenvalue weighted by Gasteiger charge is -2.06. The summed E-state index contributed by atoms with van der Waals surface area (Å²) in [5, 5.41) is 7.85. The van der Waals surface area contributed by atoms with Crippen molar-refractivity contribution in [1.29, 1.82) is 0 Å². The van der Waals surface area contributed by atoms with Crippen LogP contribution in [0.1, 0.15) is 34.8 Å². The lowest BCUT2D eigenvalue weighted by atomic mass is 10.00. The highest BCUT2D eigenvalue weighted by atomic mass is 16.5. The zero-order valence-corrected chi connectivity index (χ0v) is 14.8. The standard InChI is InChI=1S/C20H20N2O4/c1-3-26-19(24)12-16(23)13-21-22-18-10-9-14(2)11-17(18)20(25)15-7-5-4-6-8-15/h4-11H,3,12-13H2,1-2H3. The van der Waals surface area contributed by atoms with Gasteiger partial charge < -0.3 is 4.74 Å². The van der Waals surface area contributed by atoms with Crippen LogP contribution in [0, 0.1) is 6.92 Å². The van der Waals surface area contributed by atoms with Gasteiger partial charge in [0.15, 0.2) is 11.6 Å². The first-order valence-electron chi connectivity index (χ1n) is 8.26. The van der Waals surface area contributed by atoms with E-state index in [1.807, 2.05) is 19.1 Å². The fraction of sp³-hybridized carbons (Fsp3) is 0.250. The topological polar surface area (TPSA) is 85.2 Å². The molecule has 0 N–H and O–H groups in total. The quantitative estimate of drug-likeness (QED) is 0.313. The van der Waals surface area contributed by atoms with Crippen LogP contribution < -0.4 is 0 Å². The average molecular weight is 352 g/mol. The fourth-order valence-electron chi connectivity index (χ4n) is 2.28. The van der Waals surface area contributed by atoms with Crippen molar-refractivity contribution in [3.63, 3.8) is 0 Å². The average Bonchev–Trinajstić information content (AvgIpc) is 2.63. The van der Waals surface area contributed by atoms with E-state index >= 15 is 0 Å². The molecule has 0 heterocycles. The van der Waals surface area contributed by atoms with E-state index in [-0.39, 0.29) is 25.4 Å². The van der Waals surface area contributed by atoms with E-state index in [0.29, 0.717) is 16.8 Å². The molecular formula is C20H20N2O4. The van der Waals surface area contributed by atoms with Crippen LogP contribution in [-0.4, -0.2) is 30.7 Å². The number of nitrogens with zero attached hydrogens (tertiary/aromatic N) is 2. The van der Waals surface area contributed by atoms with Gasteiger partial charge in [-0.05, 0) is 26.0 Å². The van der Waals surface area contributed by atoms with Crippen LogP contribution >= 0.6 is 0 Å². The minimum Gasteiger partial charge on any atom is -0.466 e. The molecule has 0 aliphatic rings. The number of Topliss-reactive ketones (excluding diaryl/α,β-unsaturated/α-hetero) is 1. The molecule has 0 aliphatic carbocycles. The Morgan fingerprint density at radius 2 is 1.77 bits per heavy atom. The summed E-state index contributed by atoms with van der Waals surface area (Å²) >= 11 is 0. The maximum absolute atomic E-state index is 12.7. The number of hydrogen-bond donors (Lipinski definition) is 0. The number of rotatable bonds is 8. The molecule has 2 aromatic rings. The van der Waals surface area contributed by atoms with Crippen molar-refractivity contribution in [2.24, 2.45) is 10.2 Å². The van der Waals surface area contributed by atoms with Crippen molar-refractivity contribution in [3.05, 3.63) is 65.2 Å². The second kappa shape index (κ2) is 9.36. The summed E-state index contributed by atoms with van der Waals surface area (Å²) in [6, 6.07) is 14.1. The maximum atomic E-state index is 12.7. The zero-order valence-electron chi connectivity index (χ0n) is 14.8. The Kier molecular flexibility index (Phi) is 6.91. The van der Waals surface area contributed by atoms with Gasteiger partial charge in [-0.15, -0.1) is 0 Å². The molecule has 6 heteroatoms. The SMILES string of the molecule is CCOC(=O)CC(=O)CN=Nc1ccc(C)cc1C(=O)c1ccccc1. The Labute approximate surface area is 151 Å². The molecule has 2 aromatic carbocycles. The largest absolute Gasteiger partial charge is 0.466 e. The lowest BCUT2D eigenvalue weighted by molar-refractivity contribution is -0.145. The van der Waals surface area contributed by atoms with Crippen molar-refractivity contribution in [3.8, 4) is 0 Å². The van der Waals surface area contributed by atoms with E-state index in [1.165, 1.54) is 0 Å². The number of ether oxygens (including phenoxy) is 1. The van der Waals surface area contributed by atoms with Crippen molar-refractivity contribution >= 4 is 23.2 Å². The number of esters is 1. The van der Waals surface area contributed by atoms with Gasteiger partial charge in [-0.2, -0.15) is 10.2 Å². The van der Waals surface area contributed by atoms with Crippen LogP contribution in [-0.2, 0) is 14.3 Å². The van der Waals surface area contributed by atoms with Crippen molar-refractivity contribution in [2.75, 3.05) is 13.2 Å². The molecule has 0 unspecified atom stereocenters. The van der Waals surface area contributed by atoms with Gasteiger partial charge in [-0.25, -0.2) is 0 Å². The molecule has 6 nitrogen and oxygen atoms in total. The molecule has 0 atom stereocenters. The predicted molar refractivity (Wildman–Crippen MR) is 96.7 cm³/mol. The van der Waals surface area contributed by atoms with Crippen LogP contribution in [0.3, 0.4) is 0 Å². The lowest BCUT2D eigenvalue weighted by Crippen LogP contribution is -2.12. The molecule has 134 valence electrons. The molecule has 0 amide bonds. The Morgan fingerprint density at radius 3 is 2.46 bits per heavy atom. The van der Waals surface area contributed by atoms with Gasteiger partial charge in [-0.3, -0.25) is 14.4 Å². The smallest absolute Gasteiger partial charge is 0.313 e. The monoisotopic (exact) mass is 352 g/mol. The summed E-state index contributed by atoms with van der Waals surface area (Å²) < 4.78 is 4.71. The van der Waals surface area contributed by atoms with Crippen LogP contribution in [0.2, 0.25) is 0 Å². The first-order valence-corrected chi connectivity index (χ1v) is 8.26. The van der Waals surface area contributed by atoms with Gasteiger partial charge in [0, 0.05) is 5.56 Å². The summed E-state index contributed by atoms with van der Waals surface area (Å²) in [5.74, 6) is -1.14. The van der Waals surface area contributed by atoms with Crippen molar-refractivity contribution in [1.82, 2.24) is 0 Å². The van der Waals surface area contributed by atoms with Gasteiger partial charge in [0.25, 0.3) is 0 Å². The highest BCUT2D eigenvalue weighted by Gasteiger charge is 2.14. The van der Waals surface area contributed by atoms with Crippen LogP contribution in [0.25, 0.3) is 0 Å². The zero-order chi connectivity index (χ0) is 18.9. The van der Waals surface area contributed by atoms with Gasteiger partial charge in [0.05, 0.1) is 17.9 Å². The number of carbonyl (C=O) groups excluding carboxylic acids is 3. The Bertz CT molecular complexity index is 829. The molecule has 0 aromatic heterocycles. The van der Waals surface area contributed by atoms with E-state index < -0.39 is 11.8 Å². The third-order valence-electron chi connectivity index (χ3n) is 3.51. The second-order valence-electron chi connectivity index (χ2n) is 5.64. The third-order valence-corrected chi connectivity index (χ3v) is 3.51. The number of hydrogen-bond acceptors (Lipinski definition) is 6. The van der Waals surface area contributed by atoms with E-state index in [0.717, 1.165) is 5.56 Å². The van der Waals surface area contributed by atoms with E-state index in [4.69, 9.17) is 4.74 Å². The van der Waals surface area contributed by atoms with Crippen molar-refractivity contribution in [2.45, 2.75) is 20.3 Å². The van der Waals surface area contributed by atoms with Gasteiger partial charge in [-0.1, -0.05) is 42.0 Å². The Balaban J connectivity index is 2.13. The second-order valence-corrected chi connectivity index (χ2v) is 5.64. The Hall–Kier alpha value is -3.15. The number of aryl methyl sites for hydroxylation is 1. The van der Waals surface area contributed by atoms with Crippen LogP contribution in [0.15, 0.2) is 58.8 Å². The summed E-state index contributed by atoms with van der Waals surface area (Å²) in [4.78, 5) is 35.7. The molecule has 2 rings (SSSR count). The van der Waals surface area contributed by atoms with E-state index in [2.05, 4.69) is 10.2 Å². The number of azo groups is 1. The fourth-order valence-corrected chi connectivity index (χ4v) is 2.28. The summed E-state index contributed by atoms with van der Waals surface area (Å²) in [5.41, 5.74) is 2.26. The minimum atomic E-state index is -0.581. The van der Waals surface area contributed by atoms with Gasteiger partial charge in [0.1, 0.15) is 13.0 Å². The van der Waals surface area contributed by atoms with E-state index in [9.17, 15) is 14.4 Å². The van der Waals surface area contributed by atoms with Crippen LogP contribution in [0.5, 0.6) is 0 Å². The first kappa shape index (κ1) is 19.2. The minimum absolute atomic E-state index is 0.166. The first-order chi connectivity index (χ1) is 12.5. The highest BCUT2D eigenvalue weighted by Crippen LogP contribution is 2.24. The summed E-state index contributed by atoms with van der Waals surface area (Å²) in [6.07, 6.45) is -0.337. The van der Waals surface area contributed by atoms with E-state index in [1.54, 1.807) is 43.3 Å². The summed E-state index contributed by atoms with van der Waals surface area (Å²) in [7, 11) is 0. The third kappa shape index (κ3) is 5.44. The normalized spacial score (nSPS) is 10.7. The molecule has 0 spiro atoms. The molecule has 0 aliphatic heterocycles.